The molecule has 16 rings (SSSR count). The average Bonchev–Trinajstić information content (AvgIpc) is 1.66. The van der Waals surface area contributed by atoms with Crippen molar-refractivity contribution in [2.45, 2.75) is 165 Å². The molecule has 1 saturated carbocycles. The highest BCUT2D eigenvalue weighted by atomic mass is 79.9. The van der Waals surface area contributed by atoms with Crippen molar-refractivity contribution in [1.82, 2.24) is 103 Å². The quantitative estimate of drug-likeness (QED) is 0.0656. The van der Waals surface area contributed by atoms with E-state index in [4.69, 9.17) is 20.9 Å². The number of piperidine rings is 3. The number of H-pyrrole nitrogens is 1. The maximum absolute atomic E-state index is 13.3. The number of ether oxygens (including phenoxy) is 2. The van der Waals surface area contributed by atoms with Gasteiger partial charge in [-0.1, -0.05) is 47.0 Å². The van der Waals surface area contributed by atoms with Crippen LogP contribution in [0.25, 0.3) is 61.5 Å². The Balaban J connectivity index is 0.000000144. The lowest BCUT2D eigenvalue weighted by atomic mass is 9.91. The van der Waals surface area contributed by atoms with Gasteiger partial charge in [-0.3, -0.25) is 33.2 Å². The van der Waals surface area contributed by atoms with Crippen molar-refractivity contribution < 1.29 is 47.6 Å². The fourth-order valence-electron chi connectivity index (χ4n) is 13.4. The number of hydrogen-bond donors (Lipinski definition) is 7. The van der Waals surface area contributed by atoms with E-state index < -0.39 is 51.9 Å². The van der Waals surface area contributed by atoms with Crippen LogP contribution in [0.5, 0.6) is 0 Å². The summed E-state index contributed by atoms with van der Waals surface area (Å²) in [6, 6.07) is 26.2. The number of hydrogen-bond acceptors (Lipinski definition) is 22. The molecule has 113 heavy (non-hydrogen) atoms. The minimum absolute atomic E-state index is 0.0441. The second-order valence-electron chi connectivity index (χ2n) is 30.5. The largest absolute Gasteiger partial charge is 0.444 e. The van der Waals surface area contributed by atoms with Gasteiger partial charge in [-0.2, -0.15) is 33.6 Å². The summed E-state index contributed by atoms with van der Waals surface area (Å²) in [5.74, 6) is -1.55. The maximum atomic E-state index is 13.3. The molecule has 12 aromatic rings. The second-order valence-corrected chi connectivity index (χ2v) is 31.4. The summed E-state index contributed by atoms with van der Waals surface area (Å²) in [4.78, 5) is 80.3. The molecule has 0 bridgehead atoms. The first kappa shape index (κ1) is 81.4. The summed E-state index contributed by atoms with van der Waals surface area (Å²) in [7, 11) is 0. The Morgan fingerprint density at radius 1 is 0.531 bits per heavy atom. The molecule has 12 heterocycles. The average molecular weight is 1620 g/mol. The molecule has 37 heteroatoms. The lowest BCUT2D eigenvalue weighted by Gasteiger charge is -2.38. The number of aromatic nitrogens is 18. The molecule has 9 N–H and O–H groups in total. The Kier molecular flexibility index (Phi) is 24.8. The molecule has 4 aliphatic rings. The fraction of sp³-hybridized carbons (Fsp3) is 0.421. The summed E-state index contributed by atoms with van der Waals surface area (Å²) in [5.41, 5.74) is 10.7. The number of aliphatic hydroxyl groups is 3. The third-order valence-electron chi connectivity index (χ3n) is 19.5. The third-order valence-corrected chi connectivity index (χ3v) is 20.0. The van der Waals surface area contributed by atoms with Crippen molar-refractivity contribution in [3.05, 3.63) is 201 Å². The fourth-order valence-corrected chi connectivity index (χ4v) is 13.8. The smallest absolute Gasteiger partial charge is 0.410 e. The predicted octanol–water partition coefficient (Wildman–Crippen LogP) is 7.56. The van der Waals surface area contributed by atoms with Crippen LogP contribution in [-0.2, 0) is 29.1 Å². The number of carbonyl (C=O) groups is 2. The van der Waals surface area contributed by atoms with Crippen molar-refractivity contribution >= 4 is 61.2 Å². The molecule has 2 atom stereocenters. The van der Waals surface area contributed by atoms with Crippen LogP contribution >= 0.6 is 15.9 Å². The number of fused-ring (bicyclic) bond motifs is 3. The zero-order chi connectivity index (χ0) is 80.6. The van der Waals surface area contributed by atoms with Crippen LogP contribution in [-0.4, -0.2) is 204 Å². The minimum atomic E-state index is -1.17. The monoisotopic (exact) mass is 1620 g/mol. The molecule has 3 aliphatic heterocycles. The van der Waals surface area contributed by atoms with Crippen LogP contribution in [0.3, 0.4) is 0 Å². The number of rotatable bonds is 11. The van der Waals surface area contributed by atoms with E-state index in [-0.39, 0.29) is 54.5 Å². The second kappa shape index (κ2) is 34.5. The van der Waals surface area contributed by atoms with Crippen LogP contribution < -0.4 is 33.5 Å². The van der Waals surface area contributed by atoms with Gasteiger partial charge >= 0.3 is 12.2 Å². The SMILES string of the molecule is CC(C)(C)OC(=O)N1CCC(O)(Cn2cnc3c(cnn3-c3cccc(-n4ccc(F)n4)c3)c2=O)CC1.CC(C)(C)OC(=O)N1CCC(O)(Cn2cnc3c(cnn3-c3cccc(Br)c3)c2=O)CC1.Fc1ccn[nH]1.N[C@@H]1CCCC[C@H]1N.O=c1c2cnn(-c3cccc(-n4ccc(F)n4)c3)c2ncn1CC1(O)CCNCC1. The van der Waals surface area contributed by atoms with E-state index in [0.29, 0.717) is 121 Å². The molecule has 0 spiro atoms. The number of likely N-dealkylation sites (tertiary alicyclic amines) is 2. The molecule has 0 unspecified atom stereocenters. The molecule has 0 radical (unpaired) electrons. The Hall–Kier alpha value is -11.1. The van der Waals surface area contributed by atoms with Gasteiger partial charge in [0.15, 0.2) is 16.9 Å². The van der Waals surface area contributed by atoms with E-state index in [1.165, 1.54) is 115 Å². The number of aromatic amines is 1. The number of nitrogens with zero attached hydrogens (tertiary/aromatic N) is 19. The van der Waals surface area contributed by atoms with Crippen molar-refractivity contribution in [1.29, 1.82) is 0 Å². The summed E-state index contributed by atoms with van der Waals surface area (Å²) in [5, 5.41) is 63.2. The zero-order valence-corrected chi connectivity index (χ0v) is 64.9. The molecule has 4 fully saturated rings. The number of carbonyl (C=O) groups excluding carboxylic acids is 2. The van der Waals surface area contributed by atoms with E-state index in [0.717, 1.165) is 36.1 Å². The van der Waals surface area contributed by atoms with Crippen LogP contribution in [0.2, 0.25) is 0 Å². The number of halogens is 4. The van der Waals surface area contributed by atoms with Gasteiger partial charge in [-0.05, 0) is 161 Å². The molecule has 3 aromatic carbocycles. The molecule has 1 aliphatic carbocycles. The molecular formula is C76H91BrF3N23O10. The van der Waals surface area contributed by atoms with E-state index >= 15 is 0 Å². The Labute approximate surface area is 653 Å². The van der Waals surface area contributed by atoms with Gasteiger partial charge < -0.3 is 51.4 Å². The van der Waals surface area contributed by atoms with Crippen LogP contribution in [0.4, 0.5) is 22.8 Å². The van der Waals surface area contributed by atoms with Crippen molar-refractivity contribution in [2.75, 3.05) is 39.3 Å². The molecule has 2 amide bonds. The molecule has 9 aromatic heterocycles. The topological polar surface area (TPSA) is 406 Å². The number of benzene rings is 3. The predicted molar refractivity (Wildman–Crippen MR) is 415 cm³/mol. The van der Waals surface area contributed by atoms with Crippen molar-refractivity contribution in [2.24, 2.45) is 11.5 Å². The van der Waals surface area contributed by atoms with Gasteiger partial charge in [-0.15, -0.1) is 10.2 Å². The standard InChI is InChI=1S/C25H28FN7O4.C22H26BrN5O4.C20H20FN7O2.C6H14N2.C3H3FN2/c1-24(2,3)37-23(35)30-11-8-25(36,9-12-30)15-31-16-27-21-19(22(31)34)14-28-33(21)18-6-4-5-17(13-18)32-10-7-20(26)29-32;1-21(2,3)32-20(30)26-9-7-22(31,8-10-26)13-27-14-24-18-17(19(27)29)12-25-28(18)16-6-4-5-15(23)11-16;21-17-4-9-27(25-17)14-2-1-3-15(10-14)28-18-16(11-24-28)19(29)26(13-23-18)12-20(30)5-7-22-8-6-20;7-5-3-1-2-4-6(5)8;4-3-1-2-5-6-3/h4-7,10,13-14,16,36H,8-9,11-12,15H2,1-3H3;4-6,11-12,14,31H,7-10,13H2,1-3H3;1-4,9-11,13,22,30H,5-8,12H2;5-6H,1-4,7-8H2;1-2H,(H,5,6)/t;;;5-,6-;/m...1./s1. The first-order valence-corrected chi connectivity index (χ1v) is 37.8. The van der Waals surface area contributed by atoms with E-state index in [2.05, 4.69) is 71.9 Å². The molecule has 3 saturated heterocycles. The highest BCUT2D eigenvalue weighted by Gasteiger charge is 2.39. The van der Waals surface area contributed by atoms with Crippen LogP contribution in [0.1, 0.15) is 106 Å². The first-order chi connectivity index (χ1) is 53.8. The molecular weight excluding hydrogens is 1530 g/mol. The van der Waals surface area contributed by atoms with Gasteiger partial charge in [0.1, 0.15) is 46.3 Å². The van der Waals surface area contributed by atoms with E-state index in [1.807, 2.05) is 51.1 Å². The van der Waals surface area contributed by atoms with Crippen LogP contribution in [0, 0.1) is 17.8 Å². The summed E-state index contributed by atoms with van der Waals surface area (Å²) in [6.45, 7) is 14.0. The highest BCUT2D eigenvalue weighted by Crippen LogP contribution is 2.30. The van der Waals surface area contributed by atoms with E-state index in [9.17, 15) is 52.5 Å². The van der Waals surface area contributed by atoms with Gasteiger partial charge in [0.2, 0.25) is 17.8 Å². The highest BCUT2D eigenvalue weighted by molar-refractivity contribution is 9.10. The van der Waals surface area contributed by atoms with Crippen molar-refractivity contribution in [3.63, 3.8) is 0 Å². The normalized spacial score (nSPS) is 17.4. The van der Waals surface area contributed by atoms with Gasteiger partial charge in [0.05, 0.1) is 89.7 Å². The van der Waals surface area contributed by atoms with Gasteiger partial charge in [0.25, 0.3) is 16.7 Å². The zero-order valence-electron chi connectivity index (χ0n) is 63.3. The third kappa shape index (κ3) is 20.4. The Morgan fingerprint density at radius 2 is 0.894 bits per heavy atom. The molecule has 33 nitrogen and oxygen atoms in total. The number of amides is 2. The van der Waals surface area contributed by atoms with E-state index in [1.54, 1.807) is 82.4 Å². The number of nitrogens with two attached hydrogens (primary N) is 2. The Morgan fingerprint density at radius 3 is 1.21 bits per heavy atom. The van der Waals surface area contributed by atoms with Crippen molar-refractivity contribution in [3.8, 4) is 28.4 Å². The maximum Gasteiger partial charge on any atom is 0.410 e. The summed E-state index contributed by atoms with van der Waals surface area (Å²) in [6.07, 6.45) is 19.5. The Bertz CT molecular complexity index is 5450. The lowest BCUT2D eigenvalue weighted by Crippen LogP contribution is -2.50. The summed E-state index contributed by atoms with van der Waals surface area (Å²) < 4.78 is 61.6. The van der Waals surface area contributed by atoms with Gasteiger partial charge in [-0.25, -0.2) is 48.0 Å². The van der Waals surface area contributed by atoms with Crippen LogP contribution in [0.15, 0.2) is 166 Å². The van der Waals surface area contributed by atoms with Gasteiger partial charge in [0, 0.05) is 73.3 Å². The summed E-state index contributed by atoms with van der Waals surface area (Å²) >= 11 is 3.44. The first-order valence-electron chi connectivity index (χ1n) is 37.0. The number of nitrogens with one attached hydrogen (secondary N) is 2. The lowest BCUT2D eigenvalue weighted by molar-refractivity contribution is -0.0430. The minimum Gasteiger partial charge on any atom is -0.444 e. The molecule has 598 valence electrons.